The van der Waals surface area contributed by atoms with Crippen molar-refractivity contribution in [1.29, 1.82) is 0 Å². The number of benzene rings is 1. The summed E-state index contributed by atoms with van der Waals surface area (Å²) in [6.45, 7) is 7.11. The lowest BCUT2D eigenvalue weighted by molar-refractivity contribution is -0.671. The van der Waals surface area contributed by atoms with Gasteiger partial charge in [-0.2, -0.15) is 0 Å². The number of aryl methyl sites for hydroxylation is 3. The molecule has 0 aliphatic rings. The first-order valence-electron chi connectivity index (χ1n) is 8.82. The summed E-state index contributed by atoms with van der Waals surface area (Å²) in [6.07, 6.45) is 9.82. The molecule has 0 radical (unpaired) electrons. The molecule has 0 saturated heterocycles. The van der Waals surface area contributed by atoms with E-state index in [9.17, 15) is 0 Å². The lowest BCUT2D eigenvalue weighted by Gasteiger charge is -2.22. The van der Waals surface area contributed by atoms with Gasteiger partial charge in [0.15, 0.2) is 0 Å². The molecular weight excluding hydrogens is 406 g/mol. The SMILES string of the molecule is CCN(CCn1cc[n+](C)c1)c1ccc(/N=N/c2nccn2C)c(C)c1.[Br-]. The van der Waals surface area contributed by atoms with E-state index in [1.54, 1.807) is 6.20 Å². The van der Waals surface area contributed by atoms with Crippen molar-refractivity contribution in [3.63, 3.8) is 0 Å². The highest BCUT2D eigenvalue weighted by molar-refractivity contribution is 5.57. The molecular formula is C19H26BrN7. The minimum atomic E-state index is 0. The average molecular weight is 432 g/mol. The summed E-state index contributed by atoms with van der Waals surface area (Å²) in [5, 5.41) is 8.58. The third-order valence-electron chi connectivity index (χ3n) is 4.42. The summed E-state index contributed by atoms with van der Waals surface area (Å²) in [4.78, 5) is 6.53. The van der Waals surface area contributed by atoms with E-state index in [-0.39, 0.29) is 17.0 Å². The molecule has 0 unspecified atom stereocenters. The number of anilines is 1. The van der Waals surface area contributed by atoms with Gasteiger partial charge in [0, 0.05) is 31.7 Å². The van der Waals surface area contributed by atoms with Crippen molar-refractivity contribution in [2.45, 2.75) is 20.4 Å². The van der Waals surface area contributed by atoms with E-state index in [4.69, 9.17) is 0 Å². The number of hydrogen-bond donors (Lipinski definition) is 0. The van der Waals surface area contributed by atoms with Crippen LogP contribution in [-0.2, 0) is 20.6 Å². The lowest BCUT2D eigenvalue weighted by Crippen LogP contribution is -3.00. The van der Waals surface area contributed by atoms with Gasteiger partial charge < -0.3 is 26.4 Å². The van der Waals surface area contributed by atoms with Gasteiger partial charge in [-0.05, 0) is 37.6 Å². The Hall–Kier alpha value is -2.48. The van der Waals surface area contributed by atoms with E-state index < -0.39 is 0 Å². The largest absolute Gasteiger partial charge is 1.00 e. The molecule has 0 bridgehead atoms. The molecule has 8 heteroatoms. The molecule has 0 saturated carbocycles. The monoisotopic (exact) mass is 431 g/mol. The van der Waals surface area contributed by atoms with Crippen LogP contribution in [-0.4, -0.2) is 27.2 Å². The Bertz CT molecular complexity index is 897. The molecule has 144 valence electrons. The van der Waals surface area contributed by atoms with Gasteiger partial charge in [0.2, 0.25) is 12.3 Å². The van der Waals surface area contributed by atoms with Crippen LogP contribution >= 0.6 is 0 Å². The highest BCUT2D eigenvalue weighted by Crippen LogP contribution is 2.26. The van der Waals surface area contributed by atoms with Crippen LogP contribution in [0.2, 0.25) is 0 Å². The normalized spacial score (nSPS) is 11.0. The van der Waals surface area contributed by atoms with Crippen molar-refractivity contribution in [3.8, 4) is 0 Å². The molecule has 2 heterocycles. The van der Waals surface area contributed by atoms with E-state index >= 15 is 0 Å². The highest BCUT2D eigenvalue weighted by Gasteiger charge is 2.09. The molecule has 3 rings (SSSR count). The Labute approximate surface area is 170 Å². The van der Waals surface area contributed by atoms with Crippen LogP contribution in [0.1, 0.15) is 12.5 Å². The zero-order valence-corrected chi connectivity index (χ0v) is 17.8. The molecule has 0 atom stereocenters. The Morgan fingerprint density at radius 2 is 2.04 bits per heavy atom. The maximum Gasteiger partial charge on any atom is 0.249 e. The quantitative estimate of drug-likeness (QED) is 0.399. The van der Waals surface area contributed by atoms with E-state index in [0.717, 1.165) is 30.9 Å². The van der Waals surface area contributed by atoms with E-state index in [2.05, 4.69) is 73.9 Å². The van der Waals surface area contributed by atoms with Crippen LogP contribution in [0.5, 0.6) is 0 Å². The third-order valence-corrected chi connectivity index (χ3v) is 4.42. The Morgan fingerprint density at radius 1 is 1.22 bits per heavy atom. The number of halogens is 1. The fourth-order valence-corrected chi connectivity index (χ4v) is 2.84. The van der Waals surface area contributed by atoms with Gasteiger partial charge >= 0.3 is 0 Å². The van der Waals surface area contributed by atoms with Crippen molar-refractivity contribution in [1.82, 2.24) is 14.1 Å². The minimum Gasteiger partial charge on any atom is -1.00 e. The van der Waals surface area contributed by atoms with Crippen molar-refractivity contribution in [2.24, 2.45) is 24.3 Å². The minimum absolute atomic E-state index is 0. The Kier molecular flexibility index (Phi) is 7.29. The van der Waals surface area contributed by atoms with Crippen LogP contribution in [0.3, 0.4) is 0 Å². The second kappa shape index (κ2) is 9.45. The number of imidazole rings is 2. The van der Waals surface area contributed by atoms with Gasteiger partial charge in [0.05, 0.1) is 19.3 Å². The maximum atomic E-state index is 4.35. The third kappa shape index (κ3) is 5.26. The maximum absolute atomic E-state index is 4.35. The smallest absolute Gasteiger partial charge is 0.249 e. The predicted molar refractivity (Wildman–Crippen MR) is 102 cm³/mol. The van der Waals surface area contributed by atoms with Crippen LogP contribution in [0.25, 0.3) is 0 Å². The summed E-state index contributed by atoms with van der Waals surface area (Å²) in [5.41, 5.74) is 3.17. The molecule has 0 aliphatic heterocycles. The molecule has 2 aromatic heterocycles. The zero-order valence-electron chi connectivity index (χ0n) is 16.2. The second-order valence-corrected chi connectivity index (χ2v) is 6.41. The van der Waals surface area contributed by atoms with Crippen molar-refractivity contribution >= 4 is 17.3 Å². The molecule has 0 aliphatic carbocycles. The summed E-state index contributed by atoms with van der Waals surface area (Å²) in [7, 11) is 3.94. The number of rotatable bonds is 7. The number of azo groups is 1. The molecule has 7 nitrogen and oxygen atoms in total. The topological polar surface area (TPSA) is 54.6 Å². The number of likely N-dealkylation sites (N-methyl/N-ethyl adjacent to an activating group) is 1. The lowest BCUT2D eigenvalue weighted by atomic mass is 10.1. The first-order chi connectivity index (χ1) is 12.6. The van der Waals surface area contributed by atoms with Crippen molar-refractivity contribution in [2.75, 3.05) is 18.0 Å². The fourth-order valence-electron chi connectivity index (χ4n) is 2.84. The summed E-state index contributed by atoms with van der Waals surface area (Å²) < 4.78 is 6.10. The van der Waals surface area contributed by atoms with Crippen LogP contribution in [0.15, 0.2) is 59.5 Å². The summed E-state index contributed by atoms with van der Waals surface area (Å²) >= 11 is 0. The van der Waals surface area contributed by atoms with Crippen LogP contribution in [0, 0.1) is 6.92 Å². The molecule has 0 N–H and O–H groups in total. The molecule has 0 amide bonds. The van der Waals surface area contributed by atoms with E-state index in [1.807, 2.05) is 30.9 Å². The molecule has 27 heavy (non-hydrogen) atoms. The summed E-state index contributed by atoms with van der Waals surface area (Å²) in [5.74, 6) is 0.601. The van der Waals surface area contributed by atoms with Crippen molar-refractivity contribution < 1.29 is 21.5 Å². The van der Waals surface area contributed by atoms with Crippen LogP contribution < -0.4 is 26.4 Å². The predicted octanol–water partition coefficient (Wildman–Crippen LogP) is 0.300. The standard InChI is InChI=1S/C19H26N7.BrH/c1-5-26(13-12-25-11-10-23(3)15-25)17-6-7-18(16(2)14-17)21-22-19-20-8-9-24(19)4;/h6-11,14-15H,5,12-13H2,1-4H3;1H/q+1;/p-1/b22-21+;. The Morgan fingerprint density at radius 3 is 2.63 bits per heavy atom. The van der Waals surface area contributed by atoms with E-state index in [1.165, 1.54) is 5.69 Å². The second-order valence-electron chi connectivity index (χ2n) is 6.41. The van der Waals surface area contributed by atoms with Gasteiger partial charge in [-0.1, -0.05) is 0 Å². The van der Waals surface area contributed by atoms with Gasteiger partial charge in [-0.25, -0.2) is 14.1 Å². The first-order valence-corrected chi connectivity index (χ1v) is 8.82. The highest BCUT2D eigenvalue weighted by atomic mass is 79.9. The zero-order chi connectivity index (χ0) is 18.5. The first kappa shape index (κ1) is 20.8. The van der Waals surface area contributed by atoms with E-state index in [0.29, 0.717) is 5.95 Å². The average Bonchev–Trinajstić information content (AvgIpc) is 3.23. The molecule has 1 aromatic carbocycles. The van der Waals surface area contributed by atoms with Gasteiger partial charge in [-0.15, -0.1) is 10.2 Å². The van der Waals surface area contributed by atoms with Gasteiger partial charge in [-0.3, -0.25) is 0 Å². The van der Waals surface area contributed by atoms with Crippen LogP contribution in [0.4, 0.5) is 17.3 Å². The molecule has 0 spiro atoms. The number of aromatic nitrogens is 4. The summed E-state index contributed by atoms with van der Waals surface area (Å²) in [6, 6.07) is 6.31. The molecule has 0 fully saturated rings. The number of nitrogens with zero attached hydrogens (tertiary/aromatic N) is 7. The number of hydrogen-bond acceptors (Lipinski definition) is 4. The van der Waals surface area contributed by atoms with Crippen molar-refractivity contribution in [3.05, 3.63) is 54.9 Å². The fraction of sp³-hybridized carbons (Fsp3) is 0.368. The van der Waals surface area contributed by atoms with Gasteiger partial charge in [0.1, 0.15) is 18.9 Å². The Balaban J connectivity index is 0.00000261. The van der Waals surface area contributed by atoms with Gasteiger partial charge in [0.25, 0.3) is 0 Å². The molecule has 3 aromatic rings.